The van der Waals surface area contributed by atoms with Crippen molar-refractivity contribution in [3.05, 3.63) is 142 Å². The van der Waals surface area contributed by atoms with Crippen molar-refractivity contribution >= 4 is 27.3 Å². The molecule has 0 spiro atoms. The van der Waals surface area contributed by atoms with Crippen molar-refractivity contribution in [2.75, 3.05) is 0 Å². The number of nitrogens with zero attached hydrogens (tertiary/aromatic N) is 2. The van der Waals surface area contributed by atoms with Gasteiger partial charge in [0.05, 0.1) is 5.48 Å². The van der Waals surface area contributed by atoms with Crippen molar-refractivity contribution in [1.82, 2.24) is 9.97 Å². The Morgan fingerprint density at radius 3 is 1.63 bits per heavy atom. The van der Waals surface area contributed by atoms with Gasteiger partial charge in [-0.1, -0.05) is 131 Å². The molecule has 0 atom stereocenters. The van der Waals surface area contributed by atoms with Gasteiger partial charge in [0.1, 0.15) is 5.76 Å². The van der Waals surface area contributed by atoms with Crippen molar-refractivity contribution in [1.29, 1.82) is 0 Å². The van der Waals surface area contributed by atoms with Gasteiger partial charge in [-0.25, -0.2) is 0 Å². The molecule has 0 bridgehead atoms. The summed E-state index contributed by atoms with van der Waals surface area (Å²) in [5.41, 5.74) is 10.3. The van der Waals surface area contributed by atoms with E-state index >= 15 is 0 Å². The average Bonchev–Trinajstić information content (AvgIpc) is 4.08. The van der Waals surface area contributed by atoms with Gasteiger partial charge in [-0.3, -0.25) is 4.79 Å². The molecule has 2 fully saturated rings. The first-order valence-corrected chi connectivity index (χ1v) is 24.2. The zero-order chi connectivity index (χ0) is 49.4. The SMILES string of the molecule is CCC(CC)C(=O)/C=C(\O)C(C)(CC)CC.[2H]c1nc(-c2[c-]c(C)cc(C(C)C)c2)c2ccc(C3CCCC3)cc2c1[2H].[2H]c1nc(-c2[c-]c(C)cc(C)c2)c2ccc(C3CCCC3)cc2c1[2H].[Ir]. The Kier molecular flexibility index (Phi) is 16.8. The number of allylic oxidation sites excluding steroid dienone is 2. The zero-order valence-electron chi connectivity index (χ0n) is 44.7. The van der Waals surface area contributed by atoms with Gasteiger partial charge < -0.3 is 15.1 Å². The molecule has 2 aromatic heterocycles. The molecule has 2 saturated carbocycles. The maximum Gasteiger partial charge on any atom is 0.162 e. The van der Waals surface area contributed by atoms with E-state index in [1.54, 1.807) is 0 Å². The van der Waals surface area contributed by atoms with Gasteiger partial charge in [0, 0.05) is 49.9 Å². The van der Waals surface area contributed by atoms with E-state index in [2.05, 4.69) is 110 Å². The Labute approximate surface area is 411 Å². The van der Waals surface area contributed by atoms with Crippen LogP contribution < -0.4 is 0 Å². The number of aliphatic hydroxyl groups excluding tert-OH is 1. The molecule has 0 amide bonds. The second kappa shape index (κ2) is 23.8. The average molecular weight is 1050 g/mol. The number of benzene rings is 4. The molecule has 2 aliphatic carbocycles. The largest absolute Gasteiger partial charge is 0.512 e. The zero-order valence-corrected chi connectivity index (χ0v) is 43.1. The van der Waals surface area contributed by atoms with Crippen LogP contribution in [0.2, 0.25) is 0 Å². The molecule has 2 aliphatic rings. The fraction of sp³-hybridized carbons (Fsp3) is 0.450. The number of carbonyl (C=O) groups is 1. The first-order chi connectivity index (χ1) is 32.4. The first-order valence-electron chi connectivity index (χ1n) is 26.2. The summed E-state index contributed by atoms with van der Waals surface area (Å²) in [6.07, 6.45) is 15.0. The number of carbonyl (C=O) groups excluding carboxylic acids is 1. The molecule has 0 unspecified atom stereocenters. The topological polar surface area (TPSA) is 63.1 Å². The molecule has 0 saturated heterocycles. The van der Waals surface area contributed by atoms with Crippen LogP contribution in [0, 0.1) is 44.2 Å². The molecule has 2 heterocycles. The molecule has 5 heteroatoms. The van der Waals surface area contributed by atoms with Crippen LogP contribution in [0.25, 0.3) is 44.1 Å². The van der Waals surface area contributed by atoms with Gasteiger partial charge >= 0.3 is 0 Å². The van der Waals surface area contributed by atoms with Crippen LogP contribution in [0.15, 0.2) is 96.9 Å². The molecule has 1 N–H and O–H groups in total. The molecule has 0 aliphatic heterocycles. The summed E-state index contributed by atoms with van der Waals surface area (Å²) in [5, 5.41) is 13.6. The van der Waals surface area contributed by atoms with Crippen LogP contribution in [0.3, 0.4) is 0 Å². The maximum atomic E-state index is 11.9. The summed E-state index contributed by atoms with van der Waals surface area (Å²) in [7, 11) is 0. The standard InChI is InChI=1S/C24H26N.C22H22N.C14H26O2.Ir/c1-16(2)21-12-17(3)13-22(15-21)24-23-9-8-19(18-6-4-5-7-18)14-20(23)10-11-25-24;1-15-11-16(2)13-20(12-15)22-21-8-7-18(17-5-3-4-6-17)14-19(21)9-10-23-22;1-6-11(7-2)12(15)10-13(16)14(5,8-3)9-4;/h8-12,14-16,18H,4-7H2,1-3H3;7-12,14,17H,3-6H2,1-2H3;10-11,16H,6-9H2,1-5H3;/q2*-1;;/b;;13-10-;/i10D,11D;9D,10D;;. The van der Waals surface area contributed by atoms with E-state index in [-0.39, 0.29) is 67.4 Å². The third-order valence-electron chi connectivity index (χ3n) is 14.2. The first kappa shape index (κ1) is 45.7. The van der Waals surface area contributed by atoms with Crippen LogP contribution >= 0.6 is 0 Å². The molecule has 1 radical (unpaired) electrons. The van der Waals surface area contributed by atoms with Crippen LogP contribution in [0.1, 0.15) is 182 Å². The minimum absolute atomic E-state index is 0. The number of rotatable bonds is 12. The van der Waals surface area contributed by atoms with E-state index in [9.17, 15) is 9.90 Å². The van der Waals surface area contributed by atoms with E-state index in [0.29, 0.717) is 17.8 Å². The molecular formula is C60H74IrN2O2-2. The molecule has 4 aromatic carbocycles. The van der Waals surface area contributed by atoms with Crippen LogP contribution in [0.5, 0.6) is 0 Å². The van der Waals surface area contributed by atoms with E-state index in [4.69, 9.17) is 5.48 Å². The minimum atomic E-state index is -0.248. The number of aliphatic hydroxyl groups is 1. The Morgan fingerprint density at radius 1 is 0.738 bits per heavy atom. The molecule has 347 valence electrons. The molecule has 6 aromatic rings. The number of ketones is 1. The van der Waals surface area contributed by atoms with Gasteiger partial charge in [-0.2, -0.15) is 0 Å². The smallest absolute Gasteiger partial charge is 0.162 e. The Balaban J connectivity index is 0.000000199. The Hall–Kier alpha value is -4.44. The van der Waals surface area contributed by atoms with E-state index in [0.717, 1.165) is 86.4 Å². The molecule has 8 rings (SSSR count). The Bertz CT molecular complexity index is 2740. The van der Waals surface area contributed by atoms with Crippen molar-refractivity contribution in [3.8, 4) is 22.5 Å². The number of aryl methyl sites for hydroxylation is 3. The van der Waals surface area contributed by atoms with Gasteiger partial charge in [-0.15, -0.1) is 69.8 Å². The normalized spacial score (nSPS) is 15.5. The number of aromatic nitrogens is 2. The van der Waals surface area contributed by atoms with Crippen molar-refractivity contribution in [2.24, 2.45) is 11.3 Å². The fourth-order valence-electron chi connectivity index (χ4n) is 9.55. The van der Waals surface area contributed by atoms with E-state index in [1.807, 2.05) is 41.5 Å². The maximum absolute atomic E-state index is 11.9. The summed E-state index contributed by atoms with van der Waals surface area (Å²) in [4.78, 5) is 20.8. The predicted molar refractivity (Wildman–Crippen MR) is 271 cm³/mol. The van der Waals surface area contributed by atoms with Crippen molar-refractivity contribution in [2.45, 2.75) is 164 Å². The summed E-state index contributed by atoms with van der Waals surface area (Å²) in [6, 6.07) is 28.5. The third kappa shape index (κ3) is 12.9. The van der Waals surface area contributed by atoms with Gasteiger partial charge in [0.25, 0.3) is 0 Å². The number of pyridine rings is 2. The summed E-state index contributed by atoms with van der Waals surface area (Å²) < 4.78 is 33.2. The Morgan fingerprint density at radius 2 is 1.20 bits per heavy atom. The van der Waals surface area contributed by atoms with Crippen LogP contribution in [-0.4, -0.2) is 20.9 Å². The number of fused-ring (bicyclic) bond motifs is 2. The van der Waals surface area contributed by atoms with E-state index < -0.39 is 0 Å². The summed E-state index contributed by atoms with van der Waals surface area (Å²) in [5.74, 6) is 1.98. The monoisotopic (exact) mass is 1050 g/mol. The second-order valence-electron chi connectivity index (χ2n) is 19.1. The second-order valence-corrected chi connectivity index (χ2v) is 19.1. The third-order valence-corrected chi connectivity index (χ3v) is 14.2. The van der Waals surface area contributed by atoms with Gasteiger partial charge in [0.2, 0.25) is 0 Å². The van der Waals surface area contributed by atoms with E-state index in [1.165, 1.54) is 74.1 Å². The van der Waals surface area contributed by atoms with Gasteiger partial charge in [0.15, 0.2) is 5.78 Å². The van der Waals surface area contributed by atoms with Crippen molar-refractivity contribution in [3.63, 3.8) is 0 Å². The molecule has 65 heavy (non-hydrogen) atoms. The summed E-state index contributed by atoms with van der Waals surface area (Å²) in [6.45, 7) is 20.6. The minimum Gasteiger partial charge on any atom is -0.512 e. The predicted octanol–water partition coefficient (Wildman–Crippen LogP) is 17.0. The van der Waals surface area contributed by atoms with Crippen LogP contribution in [0.4, 0.5) is 0 Å². The number of hydrogen-bond acceptors (Lipinski definition) is 4. The fourth-order valence-corrected chi connectivity index (χ4v) is 9.55. The van der Waals surface area contributed by atoms with Crippen LogP contribution in [-0.2, 0) is 24.9 Å². The molecular weight excluding hydrogens is 973 g/mol. The molecule has 4 nitrogen and oxygen atoms in total. The van der Waals surface area contributed by atoms with Gasteiger partial charge in [-0.05, 0) is 125 Å². The number of hydrogen-bond donors (Lipinski definition) is 1. The quantitative estimate of drug-likeness (QED) is 0.0754. The summed E-state index contributed by atoms with van der Waals surface area (Å²) >= 11 is 0. The van der Waals surface area contributed by atoms with Crippen molar-refractivity contribution < 1.29 is 35.5 Å².